The Morgan fingerprint density at radius 2 is 2.11 bits per heavy atom. The molecule has 4 nitrogen and oxygen atoms in total. The van der Waals surface area contributed by atoms with Crippen molar-refractivity contribution in [3.8, 4) is 0 Å². The van der Waals surface area contributed by atoms with Crippen LogP contribution >= 0.6 is 0 Å². The van der Waals surface area contributed by atoms with E-state index in [0.717, 1.165) is 0 Å². The van der Waals surface area contributed by atoms with Crippen LogP contribution in [0.5, 0.6) is 0 Å². The van der Waals surface area contributed by atoms with Crippen LogP contribution in [0.2, 0.25) is 0 Å². The zero-order chi connectivity index (χ0) is 13.5. The van der Waals surface area contributed by atoms with Gasteiger partial charge in [0.1, 0.15) is 5.82 Å². The average Bonchev–Trinajstić information content (AvgIpc) is 2.33. The molecule has 0 aliphatic heterocycles. The largest absolute Gasteiger partial charge is 0.356 e. The quantitative estimate of drug-likeness (QED) is 0.806. The molecule has 2 amide bonds. The number of nitrogens with zero attached hydrogens (tertiary/aromatic N) is 1. The van der Waals surface area contributed by atoms with E-state index in [1.54, 1.807) is 13.1 Å². The fourth-order valence-electron chi connectivity index (χ4n) is 1.52. The van der Waals surface area contributed by atoms with Crippen LogP contribution in [-0.2, 0) is 4.79 Å². The van der Waals surface area contributed by atoms with Gasteiger partial charge >= 0.3 is 0 Å². The van der Waals surface area contributed by atoms with E-state index < -0.39 is 5.82 Å². The predicted octanol–water partition coefficient (Wildman–Crippen LogP) is 1.42. The van der Waals surface area contributed by atoms with Gasteiger partial charge in [-0.2, -0.15) is 0 Å². The lowest BCUT2D eigenvalue weighted by Gasteiger charge is -2.17. The number of rotatable bonds is 5. The molecule has 0 heterocycles. The van der Waals surface area contributed by atoms with Crippen molar-refractivity contribution in [1.29, 1.82) is 0 Å². The van der Waals surface area contributed by atoms with Crippen molar-refractivity contribution >= 4 is 11.8 Å². The third-order valence-corrected chi connectivity index (χ3v) is 2.46. The van der Waals surface area contributed by atoms with Crippen LogP contribution in [0.15, 0.2) is 24.3 Å². The first-order valence-electron chi connectivity index (χ1n) is 5.76. The monoisotopic (exact) mass is 252 g/mol. The third kappa shape index (κ3) is 4.53. The Morgan fingerprint density at radius 1 is 1.39 bits per heavy atom. The van der Waals surface area contributed by atoms with E-state index in [0.29, 0.717) is 25.1 Å². The van der Waals surface area contributed by atoms with E-state index in [1.165, 1.54) is 30.0 Å². The van der Waals surface area contributed by atoms with Crippen molar-refractivity contribution in [2.24, 2.45) is 0 Å². The number of carbonyl (C=O) groups excluding carboxylic acids is 2. The third-order valence-electron chi connectivity index (χ3n) is 2.46. The molecule has 0 aliphatic carbocycles. The molecule has 98 valence electrons. The summed E-state index contributed by atoms with van der Waals surface area (Å²) in [7, 11) is 1.65. The maximum atomic E-state index is 13.0. The molecular weight excluding hydrogens is 235 g/mol. The van der Waals surface area contributed by atoms with E-state index in [9.17, 15) is 14.0 Å². The summed E-state index contributed by atoms with van der Waals surface area (Å²) >= 11 is 0. The lowest BCUT2D eigenvalue weighted by molar-refractivity contribution is -0.118. The van der Waals surface area contributed by atoms with Gasteiger partial charge in [-0.1, -0.05) is 6.07 Å². The predicted molar refractivity (Wildman–Crippen MR) is 66.7 cm³/mol. The van der Waals surface area contributed by atoms with Gasteiger partial charge in [0, 0.05) is 32.6 Å². The molecule has 5 heteroatoms. The van der Waals surface area contributed by atoms with Gasteiger partial charge in [0.25, 0.3) is 5.91 Å². The molecule has 0 atom stereocenters. The summed E-state index contributed by atoms with van der Waals surface area (Å²) < 4.78 is 13.0. The van der Waals surface area contributed by atoms with E-state index in [-0.39, 0.29) is 11.8 Å². The Bertz CT molecular complexity index is 435. The Balaban J connectivity index is 2.44. The van der Waals surface area contributed by atoms with Crippen LogP contribution in [0.1, 0.15) is 23.7 Å². The molecule has 0 fully saturated rings. The average molecular weight is 252 g/mol. The van der Waals surface area contributed by atoms with E-state index in [2.05, 4.69) is 5.32 Å². The van der Waals surface area contributed by atoms with Crippen LogP contribution in [0.25, 0.3) is 0 Å². The maximum Gasteiger partial charge on any atom is 0.253 e. The second kappa shape index (κ2) is 6.74. The van der Waals surface area contributed by atoms with Gasteiger partial charge in [-0.15, -0.1) is 0 Å². The van der Waals surface area contributed by atoms with Crippen LogP contribution in [-0.4, -0.2) is 36.9 Å². The van der Waals surface area contributed by atoms with Crippen molar-refractivity contribution in [2.75, 3.05) is 20.1 Å². The first-order chi connectivity index (χ1) is 8.50. The van der Waals surface area contributed by atoms with Crippen molar-refractivity contribution in [2.45, 2.75) is 13.3 Å². The number of carbonyl (C=O) groups is 2. The molecule has 0 unspecified atom stereocenters. The molecule has 0 radical (unpaired) electrons. The molecule has 0 aliphatic rings. The summed E-state index contributed by atoms with van der Waals surface area (Å²) in [5.74, 6) is -0.737. The highest BCUT2D eigenvalue weighted by molar-refractivity contribution is 5.94. The SMILES string of the molecule is CC(=O)NCCCN(C)C(=O)c1cccc(F)c1. The van der Waals surface area contributed by atoms with Crippen molar-refractivity contribution < 1.29 is 14.0 Å². The molecule has 1 aromatic rings. The summed E-state index contributed by atoms with van der Waals surface area (Å²) in [5.41, 5.74) is 0.331. The van der Waals surface area contributed by atoms with Crippen LogP contribution < -0.4 is 5.32 Å². The van der Waals surface area contributed by atoms with Gasteiger partial charge in [-0.05, 0) is 24.6 Å². The number of nitrogens with one attached hydrogen (secondary N) is 1. The molecule has 1 aromatic carbocycles. The first-order valence-corrected chi connectivity index (χ1v) is 5.76. The van der Waals surface area contributed by atoms with Crippen molar-refractivity contribution in [3.05, 3.63) is 35.6 Å². The van der Waals surface area contributed by atoms with Gasteiger partial charge in [-0.3, -0.25) is 9.59 Å². The fraction of sp³-hybridized carbons (Fsp3) is 0.385. The molecule has 0 aromatic heterocycles. The summed E-state index contributed by atoms with van der Waals surface area (Å²) in [6.07, 6.45) is 0.664. The van der Waals surface area contributed by atoms with Crippen LogP contribution in [0, 0.1) is 5.82 Å². The molecule has 0 saturated carbocycles. The number of hydrogen-bond donors (Lipinski definition) is 1. The smallest absolute Gasteiger partial charge is 0.253 e. The molecule has 0 bridgehead atoms. The van der Waals surface area contributed by atoms with Gasteiger partial charge in [0.2, 0.25) is 5.91 Å². The highest BCUT2D eigenvalue weighted by atomic mass is 19.1. The number of hydrogen-bond acceptors (Lipinski definition) is 2. The minimum Gasteiger partial charge on any atom is -0.356 e. The molecule has 0 saturated heterocycles. The summed E-state index contributed by atoms with van der Waals surface area (Å²) in [4.78, 5) is 24.1. The van der Waals surface area contributed by atoms with Crippen molar-refractivity contribution in [3.63, 3.8) is 0 Å². The first kappa shape index (κ1) is 14.2. The maximum absolute atomic E-state index is 13.0. The lowest BCUT2D eigenvalue weighted by Crippen LogP contribution is -2.30. The second-order valence-corrected chi connectivity index (χ2v) is 4.07. The zero-order valence-electron chi connectivity index (χ0n) is 10.6. The fourth-order valence-corrected chi connectivity index (χ4v) is 1.52. The Kier molecular flexibility index (Phi) is 5.30. The standard InChI is InChI=1S/C13H17FN2O2/c1-10(17)15-7-4-8-16(2)13(18)11-5-3-6-12(14)9-11/h3,5-6,9H,4,7-8H2,1-2H3,(H,15,17). The Hall–Kier alpha value is -1.91. The summed E-state index contributed by atoms with van der Waals surface area (Å²) in [6, 6.07) is 5.60. The lowest BCUT2D eigenvalue weighted by atomic mass is 10.2. The highest BCUT2D eigenvalue weighted by Gasteiger charge is 2.11. The van der Waals surface area contributed by atoms with E-state index in [1.807, 2.05) is 0 Å². The zero-order valence-corrected chi connectivity index (χ0v) is 10.6. The van der Waals surface area contributed by atoms with Crippen LogP contribution in [0.3, 0.4) is 0 Å². The van der Waals surface area contributed by atoms with Crippen LogP contribution in [0.4, 0.5) is 4.39 Å². The van der Waals surface area contributed by atoms with Gasteiger partial charge < -0.3 is 10.2 Å². The van der Waals surface area contributed by atoms with Crippen molar-refractivity contribution in [1.82, 2.24) is 10.2 Å². The normalized spacial score (nSPS) is 9.94. The molecular formula is C13H17FN2O2. The number of amides is 2. The summed E-state index contributed by atoms with van der Waals surface area (Å²) in [5, 5.41) is 2.65. The number of benzene rings is 1. The number of halogens is 1. The Labute approximate surface area is 106 Å². The topological polar surface area (TPSA) is 49.4 Å². The minimum absolute atomic E-state index is 0.0888. The van der Waals surface area contributed by atoms with E-state index in [4.69, 9.17) is 0 Å². The molecule has 1 rings (SSSR count). The van der Waals surface area contributed by atoms with Gasteiger partial charge in [-0.25, -0.2) is 4.39 Å². The Morgan fingerprint density at radius 3 is 2.72 bits per heavy atom. The molecule has 1 N–H and O–H groups in total. The van der Waals surface area contributed by atoms with Gasteiger partial charge in [0.15, 0.2) is 0 Å². The van der Waals surface area contributed by atoms with Gasteiger partial charge in [0.05, 0.1) is 0 Å². The van der Waals surface area contributed by atoms with E-state index >= 15 is 0 Å². The minimum atomic E-state index is -0.424. The highest BCUT2D eigenvalue weighted by Crippen LogP contribution is 2.06. The second-order valence-electron chi connectivity index (χ2n) is 4.07. The molecule has 0 spiro atoms. The summed E-state index contributed by atoms with van der Waals surface area (Å²) in [6.45, 7) is 2.48. The molecule has 18 heavy (non-hydrogen) atoms.